The Labute approximate surface area is 134 Å². The summed E-state index contributed by atoms with van der Waals surface area (Å²) in [6, 6.07) is 17.6. The number of carbonyl (C=O) groups is 1. The molecule has 0 amide bonds. The minimum absolute atomic E-state index is 0.456. The summed E-state index contributed by atoms with van der Waals surface area (Å²) in [6.07, 6.45) is 2.19. The Balaban J connectivity index is 2.12. The first-order chi connectivity index (χ1) is 10.7. The summed E-state index contributed by atoms with van der Waals surface area (Å²) in [6.45, 7) is 2.16. The first kappa shape index (κ1) is 14.7. The van der Waals surface area contributed by atoms with Crippen molar-refractivity contribution in [2.24, 2.45) is 0 Å². The fourth-order valence-electron chi connectivity index (χ4n) is 2.62. The van der Waals surface area contributed by atoms with Gasteiger partial charge in [-0.2, -0.15) is 0 Å². The molecule has 3 aromatic rings. The number of carbonyl (C=O) groups excluding carboxylic acids is 1. The van der Waals surface area contributed by atoms with Crippen LogP contribution in [0.5, 0.6) is 0 Å². The van der Waals surface area contributed by atoms with Gasteiger partial charge in [-0.25, -0.2) is 4.98 Å². The molecule has 0 bridgehead atoms. The number of halogens is 1. The molecule has 3 heteroatoms. The van der Waals surface area contributed by atoms with Crippen molar-refractivity contribution in [3.63, 3.8) is 0 Å². The predicted molar refractivity (Wildman–Crippen MR) is 91.4 cm³/mol. The highest BCUT2D eigenvalue weighted by atomic mass is 35.5. The zero-order chi connectivity index (χ0) is 15.5. The normalized spacial score (nSPS) is 10.8. The van der Waals surface area contributed by atoms with Crippen molar-refractivity contribution in [2.75, 3.05) is 0 Å². The van der Waals surface area contributed by atoms with Crippen molar-refractivity contribution in [3.05, 3.63) is 65.7 Å². The van der Waals surface area contributed by atoms with E-state index in [1.807, 2.05) is 36.4 Å². The highest BCUT2D eigenvalue weighted by molar-refractivity contribution is 6.68. The van der Waals surface area contributed by atoms with Gasteiger partial charge in [-0.1, -0.05) is 55.8 Å². The molecule has 2 aromatic carbocycles. The number of hydrogen-bond acceptors (Lipinski definition) is 2. The standard InChI is InChI=1S/C19H16ClNO/c1-2-5-13-8-10-14(11-9-13)18-12-16(19(20)22)15-6-3-4-7-17(15)21-18/h3-4,6-12H,2,5H2,1H3. The summed E-state index contributed by atoms with van der Waals surface area (Å²) >= 11 is 5.74. The zero-order valence-corrected chi connectivity index (χ0v) is 13.1. The van der Waals surface area contributed by atoms with E-state index < -0.39 is 5.24 Å². The van der Waals surface area contributed by atoms with Crippen LogP contribution in [0.15, 0.2) is 54.6 Å². The van der Waals surface area contributed by atoms with Crippen LogP contribution < -0.4 is 0 Å². The lowest BCUT2D eigenvalue weighted by molar-refractivity contribution is 0.108. The Morgan fingerprint density at radius 2 is 1.82 bits per heavy atom. The van der Waals surface area contributed by atoms with Crippen LogP contribution in [-0.2, 0) is 6.42 Å². The number of para-hydroxylation sites is 1. The van der Waals surface area contributed by atoms with Gasteiger partial charge in [0.15, 0.2) is 0 Å². The molecule has 0 spiro atoms. The monoisotopic (exact) mass is 309 g/mol. The molecule has 0 aliphatic carbocycles. The molecule has 0 saturated carbocycles. The maximum atomic E-state index is 11.7. The lowest BCUT2D eigenvalue weighted by Crippen LogP contribution is -1.95. The molecular weight excluding hydrogens is 294 g/mol. The number of benzene rings is 2. The topological polar surface area (TPSA) is 30.0 Å². The summed E-state index contributed by atoms with van der Waals surface area (Å²) in [5, 5.41) is 0.330. The van der Waals surface area contributed by atoms with Crippen molar-refractivity contribution >= 4 is 27.7 Å². The molecule has 3 rings (SSSR count). The van der Waals surface area contributed by atoms with Crippen LogP contribution in [0.3, 0.4) is 0 Å². The Morgan fingerprint density at radius 1 is 1.09 bits per heavy atom. The molecule has 0 saturated heterocycles. The van der Waals surface area contributed by atoms with E-state index in [0.717, 1.165) is 35.0 Å². The molecule has 1 aromatic heterocycles. The second-order valence-electron chi connectivity index (χ2n) is 5.29. The van der Waals surface area contributed by atoms with Gasteiger partial charge < -0.3 is 0 Å². The van der Waals surface area contributed by atoms with Gasteiger partial charge in [-0.3, -0.25) is 4.79 Å². The second kappa shape index (κ2) is 6.29. The number of aromatic nitrogens is 1. The fraction of sp³-hybridized carbons (Fsp3) is 0.158. The van der Waals surface area contributed by atoms with E-state index >= 15 is 0 Å². The largest absolute Gasteiger partial charge is 0.276 e. The van der Waals surface area contributed by atoms with Gasteiger partial charge in [0, 0.05) is 16.5 Å². The van der Waals surface area contributed by atoms with E-state index in [1.165, 1.54) is 5.56 Å². The Hall–Kier alpha value is -2.19. The maximum absolute atomic E-state index is 11.7. The van der Waals surface area contributed by atoms with Gasteiger partial charge in [-0.05, 0) is 35.7 Å². The summed E-state index contributed by atoms with van der Waals surface area (Å²) in [7, 11) is 0. The number of hydrogen-bond donors (Lipinski definition) is 0. The molecule has 0 aliphatic rings. The third-order valence-electron chi connectivity index (χ3n) is 3.72. The quantitative estimate of drug-likeness (QED) is 0.617. The van der Waals surface area contributed by atoms with Crippen molar-refractivity contribution in [1.29, 1.82) is 0 Å². The minimum Gasteiger partial charge on any atom is -0.276 e. The fourth-order valence-corrected chi connectivity index (χ4v) is 2.77. The van der Waals surface area contributed by atoms with Gasteiger partial charge >= 0.3 is 0 Å². The van der Waals surface area contributed by atoms with E-state index in [0.29, 0.717) is 5.56 Å². The second-order valence-corrected chi connectivity index (χ2v) is 5.64. The molecule has 0 fully saturated rings. The van der Waals surface area contributed by atoms with Crippen LogP contribution in [0.1, 0.15) is 29.3 Å². The van der Waals surface area contributed by atoms with Crippen molar-refractivity contribution in [3.8, 4) is 11.3 Å². The van der Waals surface area contributed by atoms with Crippen LogP contribution in [-0.4, -0.2) is 10.2 Å². The average Bonchev–Trinajstić information content (AvgIpc) is 2.54. The lowest BCUT2D eigenvalue weighted by atomic mass is 10.0. The minimum atomic E-state index is -0.456. The number of nitrogens with zero attached hydrogens (tertiary/aromatic N) is 1. The van der Waals surface area contributed by atoms with E-state index in [-0.39, 0.29) is 0 Å². The number of pyridine rings is 1. The SMILES string of the molecule is CCCc1ccc(-c2cc(C(=O)Cl)c3ccccc3n2)cc1. The van der Waals surface area contributed by atoms with Gasteiger partial charge in [0.05, 0.1) is 11.2 Å². The van der Waals surface area contributed by atoms with Crippen molar-refractivity contribution < 1.29 is 4.79 Å². The number of fused-ring (bicyclic) bond motifs is 1. The third kappa shape index (κ3) is 2.88. The summed E-state index contributed by atoms with van der Waals surface area (Å²) in [5.41, 5.74) is 4.35. The first-order valence-electron chi connectivity index (χ1n) is 7.38. The molecule has 0 radical (unpaired) electrons. The van der Waals surface area contributed by atoms with E-state index in [9.17, 15) is 4.79 Å². The number of aryl methyl sites for hydroxylation is 1. The van der Waals surface area contributed by atoms with Crippen LogP contribution in [0, 0.1) is 0 Å². The van der Waals surface area contributed by atoms with Crippen LogP contribution in [0.25, 0.3) is 22.2 Å². The van der Waals surface area contributed by atoms with Gasteiger partial charge in [-0.15, -0.1) is 0 Å². The maximum Gasteiger partial charge on any atom is 0.253 e. The van der Waals surface area contributed by atoms with Crippen LogP contribution in [0.4, 0.5) is 0 Å². The Kier molecular flexibility index (Phi) is 4.21. The lowest BCUT2D eigenvalue weighted by Gasteiger charge is -2.08. The Bertz CT molecular complexity index is 824. The van der Waals surface area contributed by atoms with Crippen LogP contribution >= 0.6 is 11.6 Å². The molecule has 22 heavy (non-hydrogen) atoms. The van der Waals surface area contributed by atoms with Crippen molar-refractivity contribution in [2.45, 2.75) is 19.8 Å². The summed E-state index contributed by atoms with van der Waals surface area (Å²) < 4.78 is 0. The van der Waals surface area contributed by atoms with E-state index in [2.05, 4.69) is 24.0 Å². The first-order valence-corrected chi connectivity index (χ1v) is 7.76. The number of rotatable bonds is 4. The average molecular weight is 310 g/mol. The summed E-state index contributed by atoms with van der Waals surface area (Å²) in [5.74, 6) is 0. The highest BCUT2D eigenvalue weighted by Gasteiger charge is 2.11. The molecule has 0 N–H and O–H groups in total. The van der Waals surface area contributed by atoms with Crippen molar-refractivity contribution in [1.82, 2.24) is 4.98 Å². The predicted octanol–water partition coefficient (Wildman–Crippen LogP) is 5.23. The zero-order valence-electron chi connectivity index (χ0n) is 12.3. The molecule has 0 atom stereocenters. The third-order valence-corrected chi connectivity index (χ3v) is 3.92. The molecular formula is C19H16ClNO. The Morgan fingerprint density at radius 3 is 2.50 bits per heavy atom. The molecule has 110 valence electrons. The molecule has 1 heterocycles. The smallest absolute Gasteiger partial charge is 0.253 e. The molecule has 0 aliphatic heterocycles. The van der Waals surface area contributed by atoms with E-state index in [1.54, 1.807) is 6.07 Å². The van der Waals surface area contributed by atoms with E-state index in [4.69, 9.17) is 11.6 Å². The van der Waals surface area contributed by atoms with Gasteiger partial charge in [0.1, 0.15) is 0 Å². The van der Waals surface area contributed by atoms with Gasteiger partial charge in [0.2, 0.25) is 0 Å². The molecule has 2 nitrogen and oxygen atoms in total. The summed E-state index contributed by atoms with van der Waals surface area (Å²) in [4.78, 5) is 16.4. The van der Waals surface area contributed by atoms with Gasteiger partial charge in [0.25, 0.3) is 5.24 Å². The molecule has 0 unspecified atom stereocenters. The highest BCUT2D eigenvalue weighted by Crippen LogP contribution is 2.26. The van der Waals surface area contributed by atoms with Crippen LogP contribution in [0.2, 0.25) is 0 Å².